The summed E-state index contributed by atoms with van der Waals surface area (Å²) in [6, 6.07) is 0. The molecule has 1 amide bonds. The fraction of sp³-hybridized carbons (Fsp3) is 0.737. The molecule has 2 aliphatic heterocycles. The third-order valence-corrected chi connectivity index (χ3v) is 5.41. The molecule has 1 saturated heterocycles. The van der Waals surface area contributed by atoms with Gasteiger partial charge < -0.3 is 14.7 Å². The summed E-state index contributed by atoms with van der Waals surface area (Å²) in [6.45, 7) is 9.85. The predicted molar refractivity (Wildman–Crippen MR) is 100.0 cm³/mol. The molecule has 0 radical (unpaired) electrons. The Morgan fingerprint density at radius 3 is 2.56 bits per heavy atom. The summed E-state index contributed by atoms with van der Waals surface area (Å²) in [7, 11) is 2.14. The van der Waals surface area contributed by atoms with Crippen LogP contribution >= 0.6 is 0 Å². The summed E-state index contributed by atoms with van der Waals surface area (Å²) in [4.78, 5) is 27.9. The molecule has 25 heavy (non-hydrogen) atoms. The number of amides is 1. The molecular weight excluding hydrogens is 314 g/mol. The van der Waals surface area contributed by atoms with Gasteiger partial charge in [0.05, 0.1) is 5.69 Å². The molecule has 2 aliphatic rings. The monoisotopic (exact) mass is 345 g/mol. The molecule has 0 atom stereocenters. The van der Waals surface area contributed by atoms with Crippen LogP contribution in [-0.2, 0) is 17.6 Å². The van der Waals surface area contributed by atoms with E-state index < -0.39 is 0 Å². The molecule has 1 fully saturated rings. The number of carbonyl (C=O) groups is 1. The highest BCUT2D eigenvalue weighted by molar-refractivity contribution is 5.73. The smallest absolute Gasteiger partial charge is 0.219 e. The molecule has 3 rings (SSSR count). The molecule has 6 nitrogen and oxygen atoms in total. The van der Waals surface area contributed by atoms with Crippen molar-refractivity contribution >= 4 is 11.7 Å². The molecule has 1 aromatic heterocycles. The van der Waals surface area contributed by atoms with Crippen molar-refractivity contribution in [3.05, 3.63) is 17.1 Å². The molecule has 0 bridgehead atoms. The number of hydrogen-bond acceptors (Lipinski definition) is 5. The standard InChI is InChI=1S/C19H31N5O/c1-15-20-18-8-14-24(16(2)25)13-7-17(18)19(21-15)22(3)9-6-12-23-10-4-5-11-23/h4-14H2,1-3H3. The zero-order valence-corrected chi connectivity index (χ0v) is 15.9. The first-order valence-corrected chi connectivity index (χ1v) is 9.60. The first kappa shape index (κ1) is 18.1. The molecule has 138 valence electrons. The average molecular weight is 345 g/mol. The number of fused-ring (bicyclic) bond motifs is 1. The second-order valence-corrected chi connectivity index (χ2v) is 7.35. The van der Waals surface area contributed by atoms with Gasteiger partial charge in [0.1, 0.15) is 11.6 Å². The predicted octanol–water partition coefficient (Wildman–Crippen LogP) is 1.65. The van der Waals surface area contributed by atoms with Gasteiger partial charge in [-0.3, -0.25) is 4.79 Å². The van der Waals surface area contributed by atoms with Crippen molar-refractivity contribution in [2.24, 2.45) is 0 Å². The average Bonchev–Trinajstić information content (AvgIpc) is 2.99. The quantitative estimate of drug-likeness (QED) is 0.812. The van der Waals surface area contributed by atoms with Crippen molar-refractivity contribution in [1.29, 1.82) is 0 Å². The number of carbonyl (C=O) groups excluding carboxylic acids is 1. The lowest BCUT2D eigenvalue weighted by molar-refractivity contribution is -0.128. The van der Waals surface area contributed by atoms with Crippen molar-refractivity contribution in [1.82, 2.24) is 19.8 Å². The Labute approximate surface area is 151 Å². The van der Waals surface area contributed by atoms with Crippen LogP contribution in [0.1, 0.15) is 43.3 Å². The maximum atomic E-state index is 11.7. The van der Waals surface area contributed by atoms with Crippen molar-refractivity contribution in [3.8, 4) is 0 Å². The number of anilines is 1. The van der Waals surface area contributed by atoms with E-state index in [1.807, 2.05) is 11.8 Å². The Morgan fingerprint density at radius 2 is 1.84 bits per heavy atom. The van der Waals surface area contributed by atoms with E-state index in [1.165, 1.54) is 38.0 Å². The molecule has 0 spiro atoms. The van der Waals surface area contributed by atoms with E-state index in [0.717, 1.165) is 56.2 Å². The van der Waals surface area contributed by atoms with Crippen LogP contribution in [0.15, 0.2) is 0 Å². The van der Waals surface area contributed by atoms with E-state index in [-0.39, 0.29) is 5.91 Å². The van der Waals surface area contributed by atoms with E-state index in [1.54, 1.807) is 6.92 Å². The van der Waals surface area contributed by atoms with Gasteiger partial charge in [-0.2, -0.15) is 0 Å². The zero-order chi connectivity index (χ0) is 17.8. The van der Waals surface area contributed by atoms with Crippen LogP contribution in [0.25, 0.3) is 0 Å². The van der Waals surface area contributed by atoms with E-state index in [4.69, 9.17) is 4.98 Å². The fourth-order valence-corrected chi connectivity index (χ4v) is 3.97. The lowest BCUT2D eigenvalue weighted by Gasteiger charge is -2.24. The third kappa shape index (κ3) is 4.48. The summed E-state index contributed by atoms with van der Waals surface area (Å²) in [5, 5.41) is 0. The molecule has 1 aromatic rings. The zero-order valence-electron chi connectivity index (χ0n) is 15.9. The van der Waals surface area contributed by atoms with Crippen LogP contribution in [0, 0.1) is 6.92 Å². The van der Waals surface area contributed by atoms with Crippen LogP contribution in [0.4, 0.5) is 5.82 Å². The highest BCUT2D eigenvalue weighted by atomic mass is 16.2. The Morgan fingerprint density at radius 1 is 1.12 bits per heavy atom. The van der Waals surface area contributed by atoms with Gasteiger partial charge in [-0.25, -0.2) is 9.97 Å². The Kier molecular flexibility index (Phi) is 5.89. The number of hydrogen-bond donors (Lipinski definition) is 0. The Bertz CT molecular complexity index is 612. The van der Waals surface area contributed by atoms with Gasteiger partial charge in [0, 0.05) is 45.6 Å². The summed E-state index contributed by atoms with van der Waals surface area (Å²) in [5.41, 5.74) is 2.36. The first-order chi connectivity index (χ1) is 12.0. The summed E-state index contributed by atoms with van der Waals surface area (Å²) in [5.74, 6) is 2.05. The molecule has 0 unspecified atom stereocenters. The van der Waals surface area contributed by atoms with E-state index in [9.17, 15) is 4.79 Å². The van der Waals surface area contributed by atoms with Crippen LogP contribution in [-0.4, -0.2) is 72.0 Å². The number of likely N-dealkylation sites (tertiary alicyclic amines) is 1. The van der Waals surface area contributed by atoms with E-state index in [0.29, 0.717) is 0 Å². The summed E-state index contributed by atoms with van der Waals surface area (Å²) < 4.78 is 0. The van der Waals surface area contributed by atoms with Crippen molar-refractivity contribution in [2.45, 2.75) is 46.0 Å². The minimum atomic E-state index is 0.151. The first-order valence-electron chi connectivity index (χ1n) is 9.60. The van der Waals surface area contributed by atoms with Crippen molar-refractivity contribution in [3.63, 3.8) is 0 Å². The molecule has 0 N–H and O–H groups in total. The second kappa shape index (κ2) is 8.13. The van der Waals surface area contributed by atoms with Gasteiger partial charge in [0.25, 0.3) is 0 Å². The highest BCUT2D eigenvalue weighted by Gasteiger charge is 2.22. The largest absolute Gasteiger partial charge is 0.359 e. The maximum absolute atomic E-state index is 11.7. The Hall–Kier alpha value is -1.69. The number of aryl methyl sites for hydroxylation is 1. The number of rotatable bonds is 5. The van der Waals surface area contributed by atoms with Crippen LogP contribution in [0.5, 0.6) is 0 Å². The maximum Gasteiger partial charge on any atom is 0.219 e. The molecule has 6 heteroatoms. The summed E-state index contributed by atoms with van der Waals surface area (Å²) >= 11 is 0. The molecular formula is C19H31N5O. The molecule has 0 aromatic carbocycles. The van der Waals surface area contributed by atoms with Crippen LogP contribution in [0.2, 0.25) is 0 Å². The highest BCUT2D eigenvalue weighted by Crippen LogP contribution is 2.24. The third-order valence-electron chi connectivity index (χ3n) is 5.41. The lowest BCUT2D eigenvalue weighted by atomic mass is 10.1. The number of aromatic nitrogens is 2. The number of nitrogens with zero attached hydrogens (tertiary/aromatic N) is 5. The van der Waals surface area contributed by atoms with Gasteiger partial charge in [0.15, 0.2) is 0 Å². The SMILES string of the molecule is CC(=O)N1CCc2nc(C)nc(N(C)CCCN3CCCC3)c2CC1. The fourth-order valence-electron chi connectivity index (χ4n) is 3.97. The van der Waals surface area contributed by atoms with Gasteiger partial charge >= 0.3 is 0 Å². The van der Waals surface area contributed by atoms with Crippen LogP contribution in [0.3, 0.4) is 0 Å². The molecule has 3 heterocycles. The molecule has 0 saturated carbocycles. The minimum Gasteiger partial charge on any atom is -0.359 e. The van der Waals surface area contributed by atoms with Crippen molar-refractivity contribution < 1.29 is 4.79 Å². The van der Waals surface area contributed by atoms with Crippen molar-refractivity contribution in [2.75, 3.05) is 51.2 Å². The van der Waals surface area contributed by atoms with Crippen LogP contribution < -0.4 is 4.90 Å². The van der Waals surface area contributed by atoms with E-state index in [2.05, 4.69) is 21.8 Å². The molecule has 0 aliphatic carbocycles. The van der Waals surface area contributed by atoms with Gasteiger partial charge in [-0.1, -0.05) is 0 Å². The second-order valence-electron chi connectivity index (χ2n) is 7.35. The van der Waals surface area contributed by atoms with Gasteiger partial charge in [0.2, 0.25) is 5.91 Å². The minimum absolute atomic E-state index is 0.151. The lowest BCUT2D eigenvalue weighted by Crippen LogP contribution is -2.31. The normalized spacial score (nSPS) is 18.1. The van der Waals surface area contributed by atoms with E-state index >= 15 is 0 Å². The summed E-state index contributed by atoms with van der Waals surface area (Å²) in [6.07, 6.45) is 5.53. The van der Waals surface area contributed by atoms with Gasteiger partial charge in [-0.15, -0.1) is 0 Å². The Balaban J connectivity index is 1.68. The van der Waals surface area contributed by atoms with Gasteiger partial charge in [-0.05, 0) is 52.2 Å². The topological polar surface area (TPSA) is 52.6 Å².